The fourth-order valence-electron chi connectivity index (χ4n) is 3.74. The minimum Gasteiger partial charge on any atom is -0.491 e. The quantitative estimate of drug-likeness (QED) is 0.324. The molecule has 0 saturated heterocycles. The van der Waals surface area contributed by atoms with Crippen molar-refractivity contribution in [1.82, 2.24) is 14.5 Å². The monoisotopic (exact) mass is 445 g/mol. The van der Waals surface area contributed by atoms with Crippen LogP contribution in [0.3, 0.4) is 0 Å². The standard InChI is InChI=1S/C24H20BrN3O/c1-15(2)29-22-10-6-3-7-16(22)14-28-21-12-11-17(25)13-18(21)23-24(28)27-20-9-5-4-8-19(20)26-23/h3-13,15H,14H2,1-2H3. The van der Waals surface area contributed by atoms with Gasteiger partial charge in [0.15, 0.2) is 5.65 Å². The highest BCUT2D eigenvalue weighted by molar-refractivity contribution is 9.10. The predicted molar refractivity (Wildman–Crippen MR) is 122 cm³/mol. The molecule has 0 saturated carbocycles. The zero-order valence-corrected chi connectivity index (χ0v) is 17.8. The Labute approximate surface area is 177 Å². The van der Waals surface area contributed by atoms with Crippen molar-refractivity contribution in [3.8, 4) is 5.75 Å². The van der Waals surface area contributed by atoms with Crippen molar-refractivity contribution in [2.24, 2.45) is 0 Å². The molecule has 4 nitrogen and oxygen atoms in total. The van der Waals surface area contributed by atoms with Crippen molar-refractivity contribution in [1.29, 1.82) is 0 Å². The van der Waals surface area contributed by atoms with Crippen molar-refractivity contribution in [3.63, 3.8) is 0 Å². The Balaban J connectivity index is 1.77. The highest BCUT2D eigenvalue weighted by Gasteiger charge is 2.16. The van der Waals surface area contributed by atoms with Crippen LogP contribution in [0.4, 0.5) is 0 Å². The summed E-state index contributed by atoms with van der Waals surface area (Å²) in [6.07, 6.45) is 0.119. The first kappa shape index (κ1) is 18.1. The molecule has 5 heteroatoms. The van der Waals surface area contributed by atoms with Gasteiger partial charge in [-0.05, 0) is 50.2 Å². The second-order valence-corrected chi connectivity index (χ2v) is 8.32. The average Bonchev–Trinajstić information content (AvgIpc) is 2.99. The minimum absolute atomic E-state index is 0.119. The van der Waals surface area contributed by atoms with Gasteiger partial charge in [-0.2, -0.15) is 0 Å². The number of para-hydroxylation sites is 3. The molecule has 0 radical (unpaired) electrons. The van der Waals surface area contributed by atoms with Crippen LogP contribution in [0.25, 0.3) is 33.1 Å². The molecule has 144 valence electrons. The minimum atomic E-state index is 0.119. The lowest BCUT2D eigenvalue weighted by atomic mass is 10.2. The lowest BCUT2D eigenvalue weighted by Gasteiger charge is -2.15. The second kappa shape index (κ2) is 7.16. The molecule has 5 aromatic rings. The number of fused-ring (bicyclic) bond motifs is 4. The predicted octanol–water partition coefficient (Wildman–Crippen LogP) is 6.34. The van der Waals surface area contributed by atoms with Crippen molar-refractivity contribution < 1.29 is 4.74 Å². The van der Waals surface area contributed by atoms with E-state index in [2.05, 4.69) is 44.8 Å². The Morgan fingerprint density at radius 1 is 0.931 bits per heavy atom. The van der Waals surface area contributed by atoms with Crippen LogP contribution >= 0.6 is 15.9 Å². The number of nitrogens with zero attached hydrogens (tertiary/aromatic N) is 3. The summed E-state index contributed by atoms with van der Waals surface area (Å²) < 4.78 is 9.32. The lowest BCUT2D eigenvalue weighted by Crippen LogP contribution is -2.09. The molecule has 29 heavy (non-hydrogen) atoms. The van der Waals surface area contributed by atoms with Gasteiger partial charge in [-0.25, -0.2) is 9.97 Å². The fraction of sp³-hybridized carbons (Fsp3) is 0.167. The van der Waals surface area contributed by atoms with Crippen LogP contribution in [-0.4, -0.2) is 20.6 Å². The van der Waals surface area contributed by atoms with Crippen molar-refractivity contribution in [3.05, 3.63) is 76.8 Å². The summed E-state index contributed by atoms with van der Waals surface area (Å²) in [5, 5.41) is 1.09. The molecule has 0 aliphatic heterocycles. The first-order chi connectivity index (χ1) is 14.1. The Hall–Kier alpha value is -2.92. The smallest absolute Gasteiger partial charge is 0.160 e. The number of halogens is 1. The molecule has 0 atom stereocenters. The molecule has 0 fully saturated rings. The Morgan fingerprint density at radius 3 is 2.45 bits per heavy atom. The van der Waals surface area contributed by atoms with E-state index >= 15 is 0 Å². The van der Waals surface area contributed by atoms with E-state index < -0.39 is 0 Å². The summed E-state index contributed by atoms with van der Waals surface area (Å²) >= 11 is 3.61. The highest BCUT2D eigenvalue weighted by atomic mass is 79.9. The molecule has 0 N–H and O–H groups in total. The third-order valence-electron chi connectivity index (χ3n) is 4.98. The van der Waals surface area contributed by atoms with Gasteiger partial charge < -0.3 is 9.30 Å². The van der Waals surface area contributed by atoms with E-state index in [4.69, 9.17) is 14.7 Å². The molecule has 0 amide bonds. The number of hydrogen-bond donors (Lipinski definition) is 0. The first-order valence-electron chi connectivity index (χ1n) is 9.69. The van der Waals surface area contributed by atoms with Crippen LogP contribution < -0.4 is 4.74 Å². The SMILES string of the molecule is CC(C)Oc1ccccc1Cn1c2ccc(Br)cc2c2nc3ccccc3nc21. The van der Waals surface area contributed by atoms with Crippen LogP contribution in [0, 0.1) is 0 Å². The highest BCUT2D eigenvalue weighted by Crippen LogP contribution is 2.32. The van der Waals surface area contributed by atoms with E-state index in [1.807, 2.05) is 56.3 Å². The summed E-state index contributed by atoms with van der Waals surface area (Å²) in [5.41, 5.74) is 5.84. The van der Waals surface area contributed by atoms with Gasteiger partial charge in [0.25, 0.3) is 0 Å². The van der Waals surface area contributed by atoms with E-state index in [9.17, 15) is 0 Å². The molecule has 0 spiro atoms. The van der Waals surface area contributed by atoms with E-state index in [1.165, 1.54) is 0 Å². The van der Waals surface area contributed by atoms with Crippen molar-refractivity contribution in [2.45, 2.75) is 26.5 Å². The van der Waals surface area contributed by atoms with Gasteiger partial charge in [-0.15, -0.1) is 0 Å². The van der Waals surface area contributed by atoms with E-state index in [0.717, 1.165) is 48.9 Å². The zero-order chi connectivity index (χ0) is 20.0. The molecule has 5 rings (SSSR count). The third kappa shape index (κ3) is 3.25. The van der Waals surface area contributed by atoms with Gasteiger partial charge in [-0.1, -0.05) is 46.3 Å². The van der Waals surface area contributed by atoms with Crippen LogP contribution in [0.1, 0.15) is 19.4 Å². The maximum Gasteiger partial charge on any atom is 0.160 e. The summed E-state index contributed by atoms with van der Waals surface area (Å²) in [7, 11) is 0. The van der Waals surface area contributed by atoms with Gasteiger partial charge >= 0.3 is 0 Å². The molecule has 0 bridgehead atoms. The molecule has 0 unspecified atom stereocenters. The fourth-order valence-corrected chi connectivity index (χ4v) is 4.10. The average molecular weight is 446 g/mol. The third-order valence-corrected chi connectivity index (χ3v) is 5.47. The molecular formula is C24H20BrN3O. The summed E-state index contributed by atoms with van der Waals surface area (Å²) in [4.78, 5) is 9.92. The lowest BCUT2D eigenvalue weighted by molar-refractivity contribution is 0.239. The molecule has 2 aromatic heterocycles. The Morgan fingerprint density at radius 2 is 1.66 bits per heavy atom. The van der Waals surface area contributed by atoms with Gasteiger partial charge in [0.05, 0.1) is 29.2 Å². The number of ether oxygens (including phenoxy) is 1. The zero-order valence-electron chi connectivity index (χ0n) is 16.3. The van der Waals surface area contributed by atoms with Crippen molar-refractivity contribution in [2.75, 3.05) is 0 Å². The number of hydrogen-bond acceptors (Lipinski definition) is 3. The maximum atomic E-state index is 6.05. The first-order valence-corrected chi connectivity index (χ1v) is 10.5. The summed E-state index contributed by atoms with van der Waals surface area (Å²) in [5.74, 6) is 0.906. The second-order valence-electron chi connectivity index (χ2n) is 7.41. The largest absolute Gasteiger partial charge is 0.491 e. The molecule has 2 heterocycles. The van der Waals surface area contributed by atoms with Crippen LogP contribution in [-0.2, 0) is 6.54 Å². The molecule has 0 aliphatic carbocycles. The Kier molecular flexibility index (Phi) is 4.47. The molecular weight excluding hydrogens is 426 g/mol. The van der Waals surface area contributed by atoms with Gasteiger partial charge in [0.1, 0.15) is 11.3 Å². The molecule has 0 aliphatic rings. The normalized spacial score (nSPS) is 11.7. The molecule has 3 aromatic carbocycles. The van der Waals surface area contributed by atoms with Gasteiger partial charge in [0.2, 0.25) is 0 Å². The summed E-state index contributed by atoms with van der Waals surface area (Å²) in [6, 6.07) is 22.5. The maximum absolute atomic E-state index is 6.05. The van der Waals surface area contributed by atoms with E-state index in [-0.39, 0.29) is 6.10 Å². The topological polar surface area (TPSA) is 39.9 Å². The van der Waals surface area contributed by atoms with Crippen molar-refractivity contribution >= 4 is 49.0 Å². The number of benzene rings is 3. The van der Waals surface area contributed by atoms with Crippen LogP contribution in [0.5, 0.6) is 5.75 Å². The van der Waals surface area contributed by atoms with E-state index in [1.54, 1.807) is 0 Å². The summed E-state index contributed by atoms with van der Waals surface area (Å²) in [6.45, 7) is 4.76. The van der Waals surface area contributed by atoms with E-state index in [0.29, 0.717) is 6.54 Å². The van der Waals surface area contributed by atoms with Crippen LogP contribution in [0.2, 0.25) is 0 Å². The van der Waals surface area contributed by atoms with Gasteiger partial charge in [0, 0.05) is 15.4 Å². The number of aromatic nitrogens is 3. The number of rotatable bonds is 4. The van der Waals surface area contributed by atoms with Crippen LogP contribution in [0.15, 0.2) is 71.2 Å². The Bertz CT molecular complexity index is 1360. The van der Waals surface area contributed by atoms with Gasteiger partial charge in [-0.3, -0.25) is 0 Å².